The van der Waals surface area contributed by atoms with Crippen LogP contribution in [0.4, 0.5) is 51.3 Å². The average molecular weight is 1420 g/mol. The van der Waals surface area contributed by atoms with Gasteiger partial charge in [0.2, 0.25) is 0 Å². The lowest BCUT2D eigenvalue weighted by molar-refractivity contribution is 0.0346. The molecule has 530 valence electrons. The molecule has 17 N–H and O–H groups in total. The molecule has 12 aromatic rings. The minimum Gasteiger partial charge on any atom is -0.458 e. The van der Waals surface area contributed by atoms with E-state index in [4.69, 9.17) is 63.2 Å². The van der Waals surface area contributed by atoms with E-state index < -0.39 is 11.7 Å². The molecule has 34 nitrogen and oxygen atoms in total. The Balaban J connectivity index is 0.000000149. The summed E-state index contributed by atoms with van der Waals surface area (Å²) in [6.07, 6.45) is 7.02. The number of nitrogens with zero attached hydrogens (tertiary/aromatic N) is 16. The number of amides is 1. The Labute approximate surface area is 592 Å². The Hall–Kier alpha value is -12.3. The first kappa shape index (κ1) is 74.0. The van der Waals surface area contributed by atoms with Gasteiger partial charge in [0.05, 0.1) is 79.1 Å². The van der Waals surface area contributed by atoms with Gasteiger partial charge < -0.3 is 68.2 Å². The number of aryl methyl sites for hydroxylation is 5. The van der Waals surface area contributed by atoms with Gasteiger partial charge in [0.15, 0.2) is 34.9 Å². The van der Waals surface area contributed by atoms with Gasteiger partial charge in [-0.1, -0.05) is 23.8 Å². The van der Waals surface area contributed by atoms with E-state index in [1.54, 1.807) is 93.9 Å². The van der Waals surface area contributed by atoms with E-state index in [0.717, 1.165) is 75.6 Å². The number of hydrogen-bond acceptors (Lipinski definition) is 33. The summed E-state index contributed by atoms with van der Waals surface area (Å²) in [5, 5.41) is 47.5. The van der Waals surface area contributed by atoms with Crippen LogP contribution in [0, 0.1) is 37.0 Å². The zero-order chi connectivity index (χ0) is 73.5. The number of alkyl carbamates (subject to hydrolysis) is 1. The molecule has 1 fully saturated rings. The van der Waals surface area contributed by atoms with Gasteiger partial charge >= 0.3 is 6.09 Å². The fourth-order valence-electron chi connectivity index (χ4n) is 10.2. The molecule has 0 unspecified atom stereocenters. The van der Waals surface area contributed by atoms with E-state index in [-0.39, 0.29) is 23.8 Å². The van der Waals surface area contributed by atoms with E-state index >= 15 is 0 Å². The van der Waals surface area contributed by atoms with E-state index in [2.05, 4.69) is 116 Å². The molecule has 0 bridgehead atoms. The number of nitrogens with one attached hydrogen (secondary N) is 7. The molecule has 1 saturated heterocycles. The van der Waals surface area contributed by atoms with Crippen LogP contribution in [0.15, 0.2) is 101 Å². The Bertz CT molecular complexity index is 4980. The number of rotatable bonds is 16. The molecule has 0 aliphatic carbocycles. The fourth-order valence-corrected chi connectivity index (χ4v) is 12.1. The summed E-state index contributed by atoms with van der Waals surface area (Å²) in [6.45, 7) is 15.7. The number of morpholine rings is 1. The van der Waals surface area contributed by atoms with Gasteiger partial charge in [0.1, 0.15) is 107 Å². The van der Waals surface area contributed by atoms with Crippen LogP contribution in [0.2, 0.25) is 0 Å². The second-order valence-corrected chi connectivity index (χ2v) is 25.7. The predicted molar refractivity (Wildman–Crippen MR) is 394 cm³/mol. The zero-order valence-electron chi connectivity index (χ0n) is 57.8. The second-order valence-electron chi connectivity index (χ2n) is 23.3. The average Bonchev–Trinajstić information content (AvgIpc) is 1.63. The Morgan fingerprint density at radius 1 is 0.637 bits per heavy atom. The Kier molecular flexibility index (Phi) is 24.0. The number of thiazole rings is 1. The maximum Gasteiger partial charge on any atom is 0.408 e. The highest BCUT2D eigenvalue weighted by Gasteiger charge is 2.24. The lowest BCUT2D eigenvalue weighted by Crippen LogP contribution is -2.35. The van der Waals surface area contributed by atoms with Crippen LogP contribution in [0.1, 0.15) is 90.4 Å². The van der Waals surface area contributed by atoms with Gasteiger partial charge in [-0.25, -0.2) is 69.0 Å². The number of carbonyl (C=O) groups is 2. The van der Waals surface area contributed by atoms with Crippen molar-refractivity contribution >= 4 is 121 Å². The first-order valence-electron chi connectivity index (χ1n) is 31.3. The van der Waals surface area contributed by atoms with Crippen molar-refractivity contribution < 1.29 is 27.9 Å². The van der Waals surface area contributed by atoms with E-state index in [1.807, 2.05) is 39.1 Å². The largest absolute Gasteiger partial charge is 0.458 e. The first-order valence-corrected chi connectivity index (χ1v) is 32.9. The third kappa shape index (κ3) is 17.8. The number of ether oxygens (including phenoxy) is 2. The predicted octanol–water partition coefficient (Wildman–Crippen LogP) is 8.07. The van der Waals surface area contributed by atoms with Crippen molar-refractivity contribution in [3.63, 3.8) is 0 Å². The number of fused-ring (bicyclic) bond motifs is 2. The van der Waals surface area contributed by atoms with Gasteiger partial charge in [-0.2, -0.15) is 10.2 Å². The molecule has 1 aromatic carbocycles. The molecular formula is C66H78N28O6S2. The number of hydrogen-bond donors (Lipinski definition) is 12. The minimum absolute atomic E-state index is 0.0472. The maximum absolute atomic E-state index is 11.7. The quantitative estimate of drug-likeness (QED) is 0.0321. The molecule has 0 atom stereocenters. The number of nitrogen functional groups attached to an aromatic ring is 5. The second kappa shape index (κ2) is 33.1. The maximum atomic E-state index is 11.7. The van der Waals surface area contributed by atoms with Gasteiger partial charge in [0.25, 0.3) is 0 Å². The molecule has 11 aromatic heterocycles. The number of aldehydes is 1. The summed E-state index contributed by atoms with van der Waals surface area (Å²) >= 11 is 3.08. The molecule has 0 radical (unpaired) electrons. The molecule has 1 amide bonds. The van der Waals surface area contributed by atoms with Crippen molar-refractivity contribution in [1.82, 2.24) is 84.6 Å². The van der Waals surface area contributed by atoms with Gasteiger partial charge in [-0.05, 0) is 84.0 Å². The summed E-state index contributed by atoms with van der Waals surface area (Å²) in [5.41, 5.74) is 36.7. The van der Waals surface area contributed by atoms with Crippen LogP contribution in [0.5, 0.6) is 0 Å². The highest BCUT2D eigenvalue weighted by molar-refractivity contribution is 7.14. The Morgan fingerprint density at radius 2 is 1.18 bits per heavy atom. The number of thiophene rings is 1. The van der Waals surface area contributed by atoms with E-state index in [1.165, 1.54) is 53.4 Å². The molecule has 12 heterocycles. The summed E-state index contributed by atoms with van der Waals surface area (Å²) < 4.78 is 24.8. The lowest BCUT2D eigenvalue weighted by atomic mass is 10.1. The minimum atomic E-state index is -0.574. The molecule has 0 saturated carbocycles. The van der Waals surface area contributed by atoms with Crippen molar-refractivity contribution in [1.29, 1.82) is 16.2 Å². The topological polar surface area (TPSA) is 509 Å². The Morgan fingerprint density at radius 3 is 1.71 bits per heavy atom. The number of furan rings is 2. The molecule has 13 rings (SSSR count). The number of benzene rings is 1. The van der Waals surface area contributed by atoms with Gasteiger partial charge in [0, 0.05) is 65.3 Å². The third-order valence-corrected chi connectivity index (χ3v) is 17.1. The highest BCUT2D eigenvalue weighted by Crippen LogP contribution is 2.33. The molecule has 102 heavy (non-hydrogen) atoms. The van der Waals surface area contributed by atoms with E-state index in [0.29, 0.717) is 109 Å². The zero-order valence-corrected chi connectivity index (χ0v) is 59.4. The van der Waals surface area contributed by atoms with Crippen molar-refractivity contribution in [3.05, 3.63) is 157 Å². The molecule has 1 aliphatic rings. The lowest BCUT2D eigenvalue weighted by Gasteiger charge is -2.25. The van der Waals surface area contributed by atoms with Crippen LogP contribution < -0.4 is 49.9 Å². The van der Waals surface area contributed by atoms with Crippen LogP contribution in [-0.4, -0.2) is 162 Å². The molecular weight excluding hydrogens is 1350 g/mol. The van der Waals surface area contributed by atoms with E-state index in [9.17, 15) is 9.59 Å². The standard InChI is InChI=1S/C16H22N6O3.C15H20N6OS.C13H13N5.C11H14N6S.C11H9N5O2/c1-16(2,3)25-15(23)20-7-9-5-6-10(24-9)12(17)11-13(18)21-8-22-14(11)19-4;1-18-15-12(14(17)19-9-20-15)13(16)11-3-2-10(23-11)8-21-4-6-22-7-5-21;1-8-4-3-5-9(6-8)11-10-12(14)15-7-16-13(10)18(2)17-11;1-5-9(18-6(2)17-5)8(12)7-10(13)15-4-16-11(7)14-3;1-16-11-8(10(12)13-5-14-11)9(15-16)7-3-2-6(4-17)18-7/h5-6,8,17H,7H2,1-4H3,(H,20,23)(H3,18,19,21,22);2-3,9,16H,4-8H2,1H3,(H3,17,18,19,20);3-7H,1-2H3,(H2,14,15,16);4,12H,1-3H3,(H3,13,14,15,16);2-5H,1H3,(H2,12,13,14). The van der Waals surface area contributed by atoms with Crippen molar-refractivity contribution in [3.8, 4) is 22.7 Å². The smallest absolute Gasteiger partial charge is 0.408 e. The van der Waals surface area contributed by atoms with Gasteiger partial charge in [-0.15, -0.1) is 22.7 Å². The van der Waals surface area contributed by atoms with Crippen LogP contribution in [0.25, 0.3) is 44.8 Å². The van der Waals surface area contributed by atoms with Crippen LogP contribution in [-0.2, 0) is 36.7 Å². The number of anilines is 8. The number of carbonyl (C=O) groups excluding carboxylic acids is 2. The van der Waals surface area contributed by atoms with Gasteiger partial charge in [-0.3, -0.25) is 25.9 Å². The summed E-state index contributed by atoms with van der Waals surface area (Å²) in [6, 6.07) is 18.7. The van der Waals surface area contributed by atoms with Crippen molar-refractivity contribution in [2.75, 3.05) is 92.1 Å². The summed E-state index contributed by atoms with van der Waals surface area (Å²) in [4.78, 5) is 72.3. The third-order valence-electron chi connectivity index (χ3n) is 14.9. The van der Waals surface area contributed by atoms with Crippen LogP contribution >= 0.6 is 22.7 Å². The monoisotopic (exact) mass is 1420 g/mol. The first-order chi connectivity index (χ1) is 48.8. The fraction of sp³-hybridized carbons (Fsp3) is 0.273. The molecule has 36 heteroatoms. The van der Waals surface area contributed by atoms with Crippen molar-refractivity contribution in [2.45, 2.75) is 60.2 Å². The van der Waals surface area contributed by atoms with Crippen LogP contribution in [0.3, 0.4) is 0 Å². The van der Waals surface area contributed by atoms with Crippen molar-refractivity contribution in [2.24, 2.45) is 14.1 Å². The highest BCUT2D eigenvalue weighted by atomic mass is 32.1. The normalized spacial score (nSPS) is 11.9. The summed E-state index contributed by atoms with van der Waals surface area (Å²) in [5.74, 6) is 4.61. The molecule has 0 spiro atoms. The summed E-state index contributed by atoms with van der Waals surface area (Å²) in [7, 11) is 8.78. The molecule has 1 aliphatic heterocycles. The SMILES string of the molecule is CNc1ncnc(N)c1C(=N)c1ccc(CN2CCOCC2)s1.CNc1ncnc(N)c1C(=N)c1ccc(CNC(=O)OC(C)(C)C)o1.CNc1ncnc(N)c1C(=N)c1sc(C)nc1C.Cc1cccc(-c2nn(C)c3ncnc(N)c23)c1.Cn1nc(-c2ccc(C=O)o2)c2c(N)ncnc21. The number of aromatic nitrogens is 15. The number of nitrogens with two attached hydrogens (primary N) is 5.